The maximum absolute atomic E-state index is 14.0. The summed E-state index contributed by atoms with van der Waals surface area (Å²) in [7, 11) is 0. The second-order valence-corrected chi connectivity index (χ2v) is 5.50. The summed E-state index contributed by atoms with van der Waals surface area (Å²) in [5, 5.41) is 0.149. The summed E-state index contributed by atoms with van der Waals surface area (Å²) in [5.41, 5.74) is 0.0118. The molecule has 1 atom stereocenters. The lowest BCUT2D eigenvalue weighted by Crippen LogP contribution is -2.61. The third kappa shape index (κ3) is 2.06. The molecule has 0 spiro atoms. The summed E-state index contributed by atoms with van der Waals surface area (Å²) in [6.07, 6.45) is 2.45. The minimum Gasteiger partial charge on any atom is -0.329 e. The molecule has 2 heterocycles. The molecule has 1 aromatic carbocycles. The van der Waals surface area contributed by atoms with E-state index in [-0.39, 0.29) is 29.1 Å². The van der Waals surface area contributed by atoms with Crippen molar-refractivity contribution in [3.8, 4) is 0 Å². The van der Waals surface area contributed by atoms with Crippen molar-refractivity contribution >= 4 is 29.1 Å². The third-order valence-electron chi connectivity index (χ3n) is 3.88. The highest BCUT2D eigenvalue weighted by atomic mass is 35.5. The van der Waals surface area contributed by atoms with Gasteiger partial charge >= 0.3 is 0 Å². The molecule has 2 fully saturated rings. The van der Waals surface area contributed by atoms with Crippen molar-refractivity contribution in [1.29, 1.82) is 0 Å². The Labute approximate surface area is 121 Å². The van der Waals surface area contributed by atoms with Crippen LogP contribution in [0.25, 0.3) is 0 Å². The number of piperazine rings is 1. The van der Waals surface area contributed by atoms with Gasteiger partial charge in [0.25, 0.3) is 0 Å². The van der Waals surface area contributed by atoms with E-state index in [0.29, 0.717) is 13.0 Å². The minimum atomic E-state index is -0.581. The Bertz CT molecular complexity index is 558. The molecule has 106 valence electrons. The van der Waals surface area contributed by atoms with Gasteiger partial charge in [0, 0.05) is 6.54 Å². The molecule has 0 radical (unpaired) electrons. The van der Waals surface area contributed by atoms with Gasteiger partial charge in [-0.25, -0.2) is 4.39 Å². The smallest absolute Gasteiger partial charge is 0.250 e. The number of anilines is 1. The molecule has 3 rings (SSSR count). The predicted molar refractivity (Wildman–Crippen MR) is 73.1 cm³/mol. The van der Waals surface area contributed by atoms with Crippen molar-refractivity contribution < 1.29 is 14.0 Å². The molecule has 1 aromatic rings. The SMILES string of the molecule is O=C1C2CCCCN2C(=O)CN1c1c(F)cccc1Cl. The number of rotatable bonds is 1. The minimum absolute atomic E-state index is 0.0118. The molecule has 2 aliphatic heterocycles. The first-order chi connectivity index (χ1) is 9.59. The average molecular weight is 297 g/mol. The summed E-state index contributed by atoms with van der Waals surface area (Å²) < 4.78 is 14.0. The van der Waals surface area contributed by atoms with E-state index in [4.69, 9.17) is 11.6 Å². The number of fused-ring (bicyclic) bond motifs is 1. The maximum atomic E-state index is 14.0. The Morgan fingerprint density at radius 3 is 2.80 bits per heavy atom. The fourth-order valence-corrected chi connectivity index (χ4v) is 3.17. The first-order valence-corrected chi connectivity index (χ1v) is 7.02. The van der Waals surface area contributed by atoms with Gasteiger partial charge in [-0.2, -0.15) is 0 Å². The number of piperidine rings is 1. The zero-order valence-corrected chi connectivity index (χ0v) is 11.6. The fraction of sp³-hybridized carbons (Fsp3) is 0.429. The number of hydrogen-bond acceptors (Lipinski definition) is 2. The van der Waals surface area contributed by atoms with Crippen LogP contribution in [0, 0.1) is 5.82 Å². The van der Waals surface area contributed by atoms with E-state index in [1.54, 1.807) is 4.90 Å². The van der Waals surface area contributed by atoms with Gasteiger partial charge in [-0.1, -0.05) is 17.7 Å². The molecule has 0 aliphatic carbocycles. The Balaban J connectivity index is 1.98. The largest absolute Gasteiger partial charge is 0.329 e. The fourth-order valence-electron chi connectivity index (χ4n) is 2.91. The Morgan fingerprint density at radius 2 is 2.05 bits per heavy atom. The molecule has 2 saturated heterocycles. The second-order valence-electron chi connectivity index (χ2n) is 5.09. The highest BCUT2D eigenvalue weighted by molar-refractivity contribution is 6.34. The van der Waals surface area contributed by atoms with Crippen molar-refractivity contribution in [3.05, 3.63) is 29.0 Å². The van der Waals surface area contributed by atoms with Crippen LogP contribution in [0.2, 0.25) is 5.02 Å². The van der Waals surface area contributed by atoms with Crippen LogP contribution in [0.5, 0.6) is 0 Å². The van der Waals surface area contributed by atoms with Gasteiger partial charge in [0.1, 0.15) is 18.4 Å². The van der Waals surface area contributed by atoms with Crippen LogP contribution in [0.1, 0.15) is 19.3 Å². The van der Waals surface area contributed by atoms with Gasteiger partial charge in [0.15, 0.2) is 0 Å². The van der Waals surface area contributed by atoms with Crippen molar-refractivity contribution in [2.75, 3.05) is 18.0 Å². The predicted octanol–water partition coefficient (Wildman–Crippen LogP) is 2.21. The molecule has 0 saturated carbocycles. The second kappa shape index (κ2) is 5.05. The lowest BCUT2D eigenvalue weighted by Gasteiger charge is -2.42. The normalized spacial score (nSPS) is 23.0. The van der Waals surface area contributed by atoms with Gasteiger partial charge in [-0.05, 0) is 31.4 Å². The number of benzene rings is 1. The summed E-state index contributed by atoms with van der Waals surface area (Å²) >= 11 is 5.99. The molecule has 1 unspecified atom stereocenters. The maximum Gasteiger partial charge on any atom is 0.250 e. The van der Waals surface area contributed by atoms with Gasteiger partial charge in [-0.15, -0.1) is 0 Å². The quantitative estimate of drug-likeness (QED) is 0.797. The van der Waals surface area contributed by atoms with E-state index in [1.807, 2.05) is 0 Å². The van der Waals surface area contributed by atoms with Crippen LogP contribution in [0.3, 0.4) is 0 Å². The van der Waals surface area contributed by atoms with Crippen LogP contribution in [0.4, 0.5) is 10.1 Å². The van der Waals surface area contributed by atoms with E-state index in [1.165, 1.54) is 23.1 Å². The van der Waals surface area contributed by atoms with Crippen LogP contribution in [-0.4, -0.2) is 35.8 Å². The third-order valence-corrected chi connectivity index (χ3v) is 4.18. The summed E-state index contributed by atoms with van der Waals surface area (Å²) in [6.45, 7) is 0.462. The number of nitrogens with zero attached hydrogens (tertiary/aromatic N) is 2. The van der Waals surface area contributed by atoms with Crippen molar-refractivity contribution in [1.82, 2.24) is 4.90 Å². The summed E-state index contributed by atoms with van der Waals surface area (Å²) in [6, 6.07) is 3.77. The number of carbonyl (C=O) groups is 2. The Kier molecular flexibility index (Phi) is 3.38. The average Bonchev–Trinajstić information content (AvgIpc) is 2.44. The summed E-state index contributed by atoms with van der Waals surface area (Å²) in [5.74, 6) is -0.965. The lowest BCUT2D eigenvalue weighted by molar-refractivity contribution is -0.144. The highest BCUT2D eigenvalue weighted by Crippen LogP contribution is 2.33. The first-order valence-electron chi connectivity index (χ1n) is 6.64. The molecule has 20 heavy (non-hydrogen) atoms. The molecular weight excluding hydrogens is 283 g/mol. The van der Waals surface area contributed by atoms with Crippen LogP contribution in [0.15, 0.2) is 18.2 Å². The molecule has 2 aliphatic rings. The lowest BCUT2D eigenvalue weighted by atomic mass is 9.98. The van der Waals surface area contributed by atoms with Crippen molar-refractivity contribution in [2.45, 2.75) is 25.3 Å². The Hall–Kier alpha value is -1.62. The topological polar surface area (TPSA) is 40.6 Å². The number of hydrogen-bond donors (Lipinski definition) is 0. The van der Waals surface area contributed by atoms with Crippen LogP contribution >= 0.6 is 11.6 Å². The molecule has 0 aromatic heterocycles. The monoisotopic (exact) mass is 296 g/mol. The zero-order chi connectivity index (χ0) is 14.3. The van der Waals surface area contributed by atoms with Gasteiger partial charge < -0.3 is 4.90 Å². The first kappa shape index (κ1) is 13.4. The molecule has 0 N–H and O–H groups in total. The van der Waals surface area contributed by atoms with Crippen LogP contribution < -0.4 is 4.90 Å². The van der Waals surface area contributed by atoms with Crippen molar-refractivity contribution in [2.24, 2.45) is 0 Å². The molecule has 0 bridgehead atoms. The molecule has 6 heteroatoms. The van der Waals surface area contributed by atoms with E-state index in [2.05, 4.69) is 0 Å². The number of halogens is 2. The van der Waals surface area contributed by atoms with E-state index in [0.717, 1.165) is 12.8 Å². The van der Waals surface area contributed by atoms with Crippen LogP contribution in [-0.2, 0) is 9.59 Å². The zero-order valence-electron chi connectivity index (χ0n) is 10.8. The highest BCUT2D eigenvalue weighted by Gasteiger charge is 2.42. The number of carbonyl (C=O) groups excluding carboxylic acids is 2. The van der Waals surface area contributed by atoms with Gasteiger partial charge in [0.2, 0.25) is 11.8 Å². The molecular formula is C14H14ClFN2O2. The molecule has 4 nitrogen and oxygen atoms in total. The molecule has 2 amide bonds. The summed E-state index contributed by atoms with van der Waals surface area (Å²) in [4.78, 5) is 27.5. The number of amides is 2. The van der Waals surface area contributed by atoms with Gasteiger partial charge in [0.05, 0.1) is 10.7 Å². The standard InChI is InChI=1S/C14H14ClFN2O2/c15-9-4-3-5-10(16)13(9)18-8-12(19)17-7-2-1-6-11(17)14(18)20/h3-5,11H,1-2,6-8H2. The van der Waals surface area contributed by atoms with E-state index >= 15 is 0 Å². The number of para-hydroxylation sites is 1. The van der Waals surface area contributed by atoms with Crippen molar-refractivity contribution in [3.63, 3.8) is 0 Å². The van der Waals surface area contributed by atoms with E-state index in [9.17, 15) is 14.0 Å². The van der Waals surface area contributed by atoms with E-state index < -0.39 is 11.9 Å². The Morgan fingerprint density at radius 1 is 1.25 bits per heavy atom. The van der Waals surface area contributed by atoms with Gasteiger partial charge in [-0.3, -0.25) is 14.5 Å².